The van der Waals surface area contributed by atoms with E-state index >= 15 is 0 Å². The molecule has 2 aromatic rings. The number of hydrogen-bond acceptors (Lipinski definition) is 8. The van der Waals surface area contributed by atoms with Gasteiger partial charge in [-0.25, -0.2) is 0 Å². The van der Waals surface area contributed by atoms with E-state index in [4.69, 9.17) is 24.4 Å². The molecule has 9 heteroatoms. The van der Waals surface area contributed by atoms with Gasteiger partial charge in [-0.15, -0.1) is 0 Å². The highest BCUT2D eigenvalue weighted by atomic mass is 16.5. The molecule has 0 bridgehead atoms. The van der Waals surface area contributed by atoms with Crippen LogP contribution in [0.1, 0.15) is 48.7 Å². The smallest absolute Gasteiger partial charge is 0.227 e. The molecule has 32 heavy (non-hydrogen) atoms. The van der Waals surface area contributed by atoms with Gasteiger partial charge in [-0.3, -0.25) is 14.5 Å². The van der Waals surface area contributed by atoms with Crippen molar-refractivity contribution >= 4 is 5.91 Å². The van der Waals surface area contributed by atoms with E-state index in [0.717, 1.165) is 25.9 Å². The monoisotopic (exact) mass is 446 g/mol. The van der Waals surface area contributed by atoms with Gasteiger partial charge in [-0.05, 0) is 32.0 Å². The molecule has 1 atom stereocenters. The molecule has 0 unspecified atom stereocenters. The van der Waals surface area contributed by atoms with Crippen LogP contribution in [0.2, 0.25) is 0 Å². The van der Waals surface area contributed by atoms with E-state index in [1.807, 2.05) is 0 Å². The van der Waals surface area contributed by atoms with Gasteiger partial charge in [0, 0.05) is 24.1 Å². The molecule has 0 saturated carbocycles. The Hall–Kier alpha value is -3.20. The first-order valence-corrected chi connectivity index (χ1v) is 10.5. The molecule has 0 aliphatic carbocycles. The Balaban J connectivity index is 2.12. The van der Waals surface area contributed by atoms with Crippen molar-refractivity contribution in [2.45, 2.75) is 38.1 Å². The quantitative estimate of drug-likeness (QED) is 0.602. The maximum atomic E-state index is 12.6. The van der Waals surface area contributed by atoms with Crippen molar-refractivity contribution in [1.82, 2.24) is 4.90 Å². The van der Waals surface area contributed by atoms with Crippen molar-refractivity contribution in [1.29, 1.82) is 0 Å². The van der Waals surface area contributed by atoms with Crippen molar-refractivity contribution in [3.63, 3.8) is 0 Å². The van der Waals surface area contributed by atoms with Crippen molar-refractivity contribution in [3.8, 4) is 23.0 Å². The standard InChI is InChI=1S/C23H30N2O7/c1-29-18-12-20(31-3)19(30-2)10-15(18)16(11-21(24)27)23-22(28)17(26)9-14(32-23)13-25-7-5-4-6-8-25/h9-10,12,16,28H,4-8,11,13H2,1-3H3,(H2,24,27)/t16-/m1/s1. The molecular weight excluding hydrogens is 416 g/mol. The molecule has 1 aliphatic rings. The molecule has 0 radical (unpaired) electrons. The summed E-state index contributed by atoms with van der Waals surface area (Å²) in [5, 5.41) is 10.6. The Morgan fingerprint density at radius 1 is 1.06 bits per heavy atom. The zero-order chi connectivity index (χ0) is 23.3. The second kappa shape index (κ2) is 10.4. The van der Waals surface area contributed by atoms with Crippen LogP contribution in [0.3, 0.4) is 0 Å². The van der Waals surface area contributed by atoms with Crippen molar-refractivity contribution < 1.29 is 28.5 Å². The Morgan fingerprint density at radius 3 is 2.28 bits per heavy atom. The third kappa shape index (κ3) is 5.16. The summed E-state index contributed by atoms with van der Waals surface area (Å²) in [4.78, 5) is 26.7. The first-order chi connectivity index (χ1) is 15.4. The van der Waals surface area contributed by atoms with Crippen molar-refractivity contribution in [2.75, 3.05) is 34.4 Å². The van der Waals surface area contributed by atoms with Crippen LogP contribution >= 0.6 is 0 Å². The predicted molar refractivity (Wildman–Crippen MR) is 118 cm³/mol. The third-order valence-corrected chi connectivity index (χ3v) is 5.66. The lowest BCUT2D eigenvalue weighted by Crippen LogP contribution is -2.29. The first kappa shape index (κ1) is 23.5. The molecule has 1 aromatic heterocycles. The number of primary amides is 1. The average Bonchev–Trinajstić information content (AvgIpc) is 2.79. The number of carbonyl (C=O) groups excluding carboxylic acids is 1. The zero-order valence-electron chi connectivity index (χ0n) is 18.7. The molecule has 1 amide bonds. The number of ether oxygens (including phenoxy) is 3. The number of methoxy groups -OCH3 is 3. The minimum Gasteiger partial charge on any atom is -0.502 e. The normalized spacial score (nSPS) is 15.2. The van der Waals surface area contributed by atoms with Gasteiger partial charge < -0.3 is 29.5 Å². The second-order valence-electron chi connectivity index (χ2n) is 7.80. The summed E-state index contributed by atoms with van der Waals surface area (Å²) in [6.07, 6.45) is 3.14. The van der Waals surface area contributed by atoms with Crippen LogP contribution in [0, 0.1) is 0 Å². The molecule has 1 aromatic carbocycles. The summed E-state index contributed by atoms with van der Waals surface area (Å²) in [6.45, 7) is 2.26. The van der Waals surface area contributed by atoms with Gasteiger partial charge in [0.2, 0.25) is 17.1 Å². The zero-order valence-corrected chi connectivity index (χ0v) is 18.7. The third-order valence-electron chi connectivity index (χ3n) is 5.66. The summed E-state index contributed by atoms with van der Waals surface area (Å²) < 4.78 is 22.2. The summed E-state index contributed by atoms with van der Waals surface area (Å²) in [6, 6.07) is 4.53. The number of likely N-dealkylation sites (tertiary alicyclic amines) is 1. The van der Waals surface area contributed by atoms with Gasteiger partial charge in [0.05, 0.1) is 33.8 Å². The number of carbonyl (C=O) groups is 1. The summed E-state index contributed by atoms with van der Waals surface area (Å²) in [5.41, 5.74) is 5.41. The van der Waals surface area contributed by atoms with Crippen LogP contribution in [-0.4, -0.2) is 50.3 Å². The van der Waals surface area contributed by atoms with Crippen molar-refractivity contribution in [3.05, 3.63) is 45.5 Å². The van der Waals surface area contributed by atoms with Crippen LogP contribution in [0.15, 0.2) is 27.4 Å². The lowest BCUT2D eigenvalue weighted by molar-refractivity contribution is -0.118. The lowest BCUT2D eigenvalue weighted by atomic mass is 9.90. The van der Waals surface area contributed by atoms with E-state index in [0.29, 0.717) is 35.1 Å². The number of amides is 1. The number of benzene rings is 1. The van der Waals surface area contributed by atoms with Gasteiger partial charge in [0.25, 0.3) is 0 Å². The van der Waals surface area contributed by atoms with Crippen LogP contribution < -0.4 is 25.4 Å². The Labute approximate surface area is 186 Å². The maximum absolute atomic E-state index is 12.6. The average molecular weight is 447 g/mol. The highest BCUT2D eigenvalue weighted by Gasteiger charge is 2.29. The van der Waals surface area contributed by atoms with Gasteiger partial charge >= 0.3 is 0 Å². The van der Waals surface area contributed by atoms with Gasteiger partial charge in [-0.1, -0.05) is 6.42 Å². The van der Waals surface area contributed by atoms with E-state index in [9.17, 15) is 14.7 Å². The van der Waals surface area contributed by atoms with Gasteiger partial charge in [0.1, 0.15) is 11.5 Å². The second-order valence-corrected chi connectivity index (χ2v) is 7.80. The lowest BCUT2D eigenvalue weighted by Gasteiger charge is -2.26. The number of aromatic hydroxyl groups is 1. The molecule has 3 rings (SSSR count). The number of nitrogens with zero attached hydrogens (tertiary/aromatic N) is 1. The summed E-state index contributed by atoms with van der Waals surface area (Å²) >= 11 is 0. The van der Waals surface area contributed by atoms with Crippen LogP contribution in [0.4, 0.5) is 0 Å². The Morgan fingerprint density at radius 2 is 1.69 bits per heavy atom. The van der Waals surface area contributed by atoms with Crippen molar-refractivity contribution in [2.24, 2.45) is 5.73 Å². The molecule has 9 nitrogen and oxygen atoms in total. The minimum absolute atomic E-state index is 0.0335. The number of nitrogens with two attached hydrogens (primary N) is 1. The Kier molecular flexibility index (Phi) is 7.63. The highest BCUT2D eigenvalue weighted by molar-refractivity contribution is 5.76. The highest BCUT2D eigenvalue weighted by Crippen LogP contribution is 2.43. The molecule has 2 heterocycles. The molecule has 174 valence electrons. The molecule has 1 fully saturated rings. The van der Waals surface area contributed by atoms with E-state index in [-0.39, 0.29) is 12.2 Å². The number of rotatable bonds is 9. The topological polar surface area (TPSA) is 124 Å². The number of piperidine rings is 1. The van der Waals surface area contributed by atoms with Gasteiger partial charge in [-0.2, -0.15) is 0 Å². The maximum Gasteiger partial charge on any atom is 0.227 e. The molecule has 1 saturated heterocycles. The molecule has 1 aliphatic heterocycles. The summed E-state index contributed by atoms with van der Waals surface area (Å²) in [5.74, 6) is -0.480. The molecule has 0 spiro atoms. The Bertz CT molecular complexity index is 1010. The largest absolute Gasteiger partial charge is 0.502 e. The fourth-order valence-corrected chi connectivity index (χ4v) is 4.08. The van der Waals surface area contributed by atoms with E-state index in [1.165, 1.54) is 33.8 Å². The fraction of sp³-hybridized carbons (Fsp3) is 0.478. The van der Waals surface area contributed by atoms with Gasteiger partial charge in [0.15, 0.2) is 17.3 Å². The van der Waals surface area contributed by atoms with Crippen LogP contribution in [-0.2, 0) is 11.3 Å². The molecular formula is C23H30N2O7. The van der Waals surface area contributed by atoms with E-state index in [1.54, 1.807) is 12.1 Å². The SMILES string of the molecule is COc1cc(OC)c([C@@H](CC(N)=O)c2oc(CN3CCCCC3)cc(=O)c2O)cc1OC. The predicted octanol–water partition coefficient (Wildman–Crippen LogP) is 2.36. The minimum atomic E-state index is -0.865. The first-order valence-electron chi connectivity index (χ1n) is 10.5. The summed E-state index contributed by atoms with van der Waals surface area (Å²) in [7, 11) is 4.44. The van der Waals surface area contributed by atoms with E-state index < -0.39 is 23.0 Å². The number of hydrogen-bond donors (Lipinski definition) is 2. The van der Waals surface area contributed by atoms with Crippen LogP contribution in [0.5, 0.6) is 23.0 Å². The fourth-order valence-electron chi connectivity index (χ4n) is 4.08. The van der Waals surface area contributed by atoms with E-state index in [2.05, 4.69) is 4.90 Å². The molecule has 3 N–H and O–H groups in total. The van der Waals surface area contributed by atoms with Crippen LogP contribution in [0.25, 0.3) is 0 Å².